The molecule has 2 aromatic heterocycles. The van der Waals surface area contributed by atoms with Gasteiger partial charge < -0.3 is 9.84 Å². The largest absolute Gasteiger partial charge is 0.363 e. The number of nitrogens with one attached hydrogen (secondary N) is 1. The maximum absolute atomic E-state index is 5.00. The fourth-order valence-electron chi connectivity index (χ4n) is 1.29. The first-order chi connectivity index (χ1) is 8.15. The molecule has 90 valence electrons. The molecule has 0 saturated carbocycles. The Bertz CT molecular complexity index is 484. The number of nitrogens with zero attached hydrogens (tertiary/aromatic N) is 3. The summed E-state index contributed by atoms with van der Waals surface area (Å²) < 4.78 is 5.77. The van der Waals surface area contributed by atoms with Gasteiger partial charge in [0.25, 0.3) is 0 Å². The highest BCUT2D eigenvalue weighted by Crippen LogP contribution is 2.17. The molecule has 5 nitrogen and oxygen atoms in total. The third kappa shape index (κ3) is 3.26. The van der Waals surface area contributed by atoms with Crippen molar-refractivity contribution in [3.8, 4) is 0 Å². The summed E-state index contributed by atoms with van der Waals surface area (Å²) in [6.45, 7) is 4.67. The fraction of sp³-hybridized carbons (Fsp3) is 0.364. The van der Waals surface area contributed by atoms with Gasteiger partial charge in [-0.2, -0.15) is 0 Å². The Kier molecular flexibility index (Phi) is 3.73. The molecule has 0 spiro atoms. The van der Waals surface area contributed by atoms with Crippen molar-refractivity contribution in [2.24, 2.45) is 0 Å². The van der Waals surface area contributed by atoms with Crippen LogP contribution in [-0.4, -0.2) is 15.1 Å². The van der Waals surface area contributed by atoms with Crippen LogP contribution in [0, 0.1) is 0 Å². The van der Waals surface area contributed by atoms with Gasteiger partial charge in [0.05, 0.1) is 12.7 Å². The summed E-state index contributed by atoms with van der Waals surface area (Å²) in [6.07, 6.45) is 1.62. The lowest BCUT2D eigenvalue weighted by Gasteiger charge is -2.08. The second-order valence-electron chi connectivity index (χ2n) is 3.92. The molecule has 0 bridgehead atoms. The lowest BCUT2D eigenvalue weighted by Crippen LogP contribution is -2.05. The first kappa shape index (κ1) is 12.0. The van der Waals surface area contributed by atoms with E-state index in [2.05, 4.69) is 50.2 Å². The molecule has 17 heavy (non-hydrogen) atoms. The van der Waals surface area contributed by atoms with E-state index < -0.39 is 0 Å². The first-order valence-corrected chi connectivity index (χ1v) is 6.12. The summed E-state index contributed by atoms with van der Waals surface area (Å²) in [4.78, 5) is 8.73. The second-order valence-corrected chi connectivity index (χ2v) is 4.73. The van der Waals surface area contributed by atoms with Crippen molar-refractivity contribution in [3.63, 3.8) is 0 Å². The fourth-order valence-corrected chi connectivity index (χ4v) is 1.69. The molecule has 0 aliphatic heterocycles. The molecule has 0 fully saturated rings. The molecular formula is C11H13BrN4O. The minimum absolute atomic E-state index is 0.290. The maximum Gasteiger partial charge on any atom is 0.155 e. The van der Waals surface area contributed by atoms with E-state index in [-0.39, 0.29) is 0 Å². The van der Waals surface area contributed by atoms with Gasteiger partial charge in [0.1, 0.15) is 16.2 Å². The molecule has 2 heterocycles. The van der Waals surface area contributed by atoms with Gasteiger partial charge in [-0.15, -0.1) is 0 Å². The summed E-state index contributed by atoms with van der Waals surface area (Å²) in [6, 6.07) is 3.65. The number of hydrogen-bond acceptors (Lipinski definition) is 5. The Morgan fingerprint density at radius 2 is 2.24 bits per heavy atom. The van der Waals surface area contributed by atoms with E-state index in [0.717, 1.165) is 22.0 Å². The molecule has 6 heteroatoms. The van der Waals surface area contributed by atoms with Gasteiger partial charge in [0, 0.05) is 18.1 Å². The molecule has 2 rings (SSSR count). The van der Waals surface area contributed by atoms with Crippen LogP contribution in [0.25, 0.3) is 0 Å². The van der Waals surface area contributed by atoms with Crippen LogP contribution in [0.1, 0.15) is 31.4 Å². The minimum Gasteiger partial charge on any atom is -0.363 e. The average Bonchev–Trinajstić information content (AvgIpc) is 2.78. The van der Waals surface area contributed by atoms with Crippen molar-refractivity contribution in [1.29, 1.82) is 0 Å². The Labute approximate surface area is 108 Å². The monoisotopic (exact) mass is 296 g/mol. The lowest BCUT2D eigenvalue weighted by atomic mass is 10.2. The van der Waals surface area contributed by atoms with E-state index in [0.29, 0.717) is 12.5 Å². The van der Waals surface area contributed by atoms with Crippen molar-refractivity contribution in [2.75, 3.05) is 5.32 Å². The average molecular weight is 297 g/mol. The Morgan fingerprint density at radius 1 is 1.41 bits per heavy atom. The summed E-state index contributed by atoms with van der Waals surface area (Å²) in [5.41, 5.74) is 0. The minimum atomic E-state index is 0.290. The normalized spacial score (nSPS) is 10.8. The van der Waals surface area contributed by atoms with Crippen molar-refractivity contribution in [1.82, 2.24) is 15.1 Å². The summed E-state index contributed by atoms with van der Waals surface area (Å²) >= 11 is 3.37. The third-order valence-corrected chi connectivity index (χ3v) is 2.57. The molecule has 0 atom stereocenters. The van der Waals surface area contributed by atoms with Gasteiger partial charge in [-0.3, -0.25) is 0 Å². The predicted octanol–water partition coefficient (Wildman–Crippen LogP) is 2.96. The summed E-state index contributed by atoms with van der Waals surface area (Å²) in [5.74, 6) is 2.63. The Balaban J connectivity index is 2.10. The van der Waals surface area contributed by atoms with Gasteiger partial charge in [0.15, 0.2) is 5.76 Å². The smallest absolute Gasteiger partial charge is 0.155 e. The van der Waals surface area contributed by atoms with Gasteiger partial charge >= 0.3 is 0 Å². The van der Waals surface area contributed by atoms with Crippen LogP contribution < -0.4 is 5.32 Å². The first-order valence-electron chi connectivity index (χ1n) is 5.33. The van der Waals surface area contributed by atoms with Crippen molar-refractivity contribution in [3.05, 3.63) is 34.5 Å². The molecule has 0 aliphatic carbocycles. The molecule has 2 aromatic rings. The van der Waals surface area contributed by atoms with E-state index in [1.807, 2.05) is 12.1 Å². The van der Waals surface area contributed by atoms with Crippen LogP contribution in [0.5, 0.6) is 0 Å². The second kappa shape index (κ2) is 5.27. The predicted molar refractivity (Wildman–Crippen MR) is 67.7 cm³/mol. The molecule has 0 amide bonds. The zero-order valence-electron chi connectivity index (χ0n) is 9.64. The van der Waals surface area contributed by atoms with Gasteiger partial charge in [0.2, 0.25) is 0 Å². The van der Waals surface area contributed by atoms with Gasteiger partial charge in [-0.25, -0.2) is 9.97 Å². The molecule has 0 aliphatic rings. The topological polar surface area (TPSA) is 63.8 Å². The van der Waals surface area contributed by atoms with Crippen molar-refractivity contribution < 1.29 is 4.52 Å². The number of rotatable bonds is 4. The number of hydrogen-bond donors (Lipinski definition) is 1. The highest BCUT2D eigenvalue weighted by atomic mass is 79.9. The number of halogens is 1. The van der Waals surface area contributed by atoms with Crippen LogP contribution >= 0.6 is 15.9 Å². The molecule has 0 aromatic carbocycles. The number of aromatic nitrogens is 3. The van der Waals surface area contributed by atoms with E-state index in [1.165, 1.54) is 0 Å². The molecule has 1 N–H and O–H groups in total. The van der Waals surface area contributed by atoms with Crippen LogP contribution in [-0.2, 0) is 6.54 Å². The quantitative estimate of drug-likeness (QED) is 0.879. The SMILES string of the molecule is CC(C)c1nc(Br)cc(NCc2ccno2)n1. The van der Waals surface area contributed by atoms with E-state index >= 15 is 0 Å². The summed E-state index contributed by atoms with van der Waals surface area (Å²) in [5, 5.41) is 6.81. The van der Waals surface area contributed by atoms with E-state index in [1.54, 1.807) is 6.20 Å². The number of anilines is 1. The highest BCUT2D eigenvalue weighted by Gasteiger charge is 2.07. The van der Waals surface area contributed by atoms with Crippen molar-refractivity contribution >= 4 is 21.7 Å². The zero-order chi connectivity index (χ0) is 12.3. The highest BCUT2D eigenvalue weighted by molar-refractivity contribution is 9.10. The standard InChI is InChI=1S/C11H13BrN4O/c1-7(2)11-15-9(12)5-10(16-11)13-6-8-3-4-14-17-8/h3-5,7H,6H2,1-2H3,(H,13,15,16). The molecule has 0 radical (unpaired) electrons. The van der Waals surface area contributed by atoms with Crippen LogP contribution in [0.15, 0.2) is 27.5 Å². The zero-order valence-corrected chi connectivity index (χ0v) is 11.2. The Morgan fingerprint density at radius 3 is 2.88 bits per heavy atom. The van der Waals surface area contributed by atoms with Crippen LogP contribution in [0.2, 0.25) is 0 Å². The van der Waals surface area contributed by atoms with Crippen LogP contribution in [0.3, 0.4) is 0 Å². The molecular weight excluding hydrogens is 284 g/mol. The Hall–Kier alpha value is -1.43. The molecule has 0 saturated heterocycles. The third-order valence-electron chi connectivity index (χ3n) is 2.16. The van der Waals surface area contributed by atoms with Crippen molar-refractivity contribution in [2.45, 2.75) is 26.3 Å². The van der Waals surface area contributed by atoms with Gasteiger partial charge in [-0.05, 0) is 15.9 Å². The van der Waals surface area contributed by atoms with Gasteiger partial charge in [-0.1, -0.05) is 19.0 Å². The van der Waals surface area contributed by atoms with E-state index in [9.17, 15) is 0 Å². The van der Waals surface area contributed by atoms with E-state index in [4.69, 9.17) is 4.52 Å². The lowest BCUT2D eigenvalue weighted by molar-refractivity contribution is 0.388. The molecule has 0 unspecified atom stereocenters. The maximum atomic E-state index is 5.00. The summed E-state index contributed by atoms with van der Waals surface area (Å²) in [7, 11) is 0. The van der Waals surface area contributed by atoms with Crippen LogP contribution in [0.4, 0.5) is 5.82 Å².